The molecule has 4 aromatic carbocycles. The van der Waals surface area contributed by atoms with Crippen LogP contribution in [0.2, 0.25) is 0 Å². The van der Waals surface area contributed by atoms with Crippen LogP contribution in [0.1, 0.15) is 112 Å². The molecule has 2 aliphatic heterocycles. The number of hydrogen-bond acceptors (Lipinski definition) is 9. The first-order valence-corrected chi connectivity index (χ1v) is 21.7. The maximum atomic E-state index is 13.3. The summed E-state index contributed by atoms with van der Waals surface area (Å²) >= 11 is 0. The van der Waals surface area contributed by atoms with E-state index in [2.05, 4.69) is 20.8 Å². The van der Waals surface area contributed by atoms with E-state index in [9.17, 15) is 45.5 Å². The number of carbonyl (C=O) groups is 4. The van der Waals surface area contributed by atoms with Gasteiger partial charge in [-0.05, 0) is 98.5 Å². The highest BCUT2D eigenvalue weighted by Crippen LogP contribution is 2.35. The molecule has 4 heterocycles. The van der Waals surface area contributed by atoms with E-state index in [1.54, 1.807) is 78.7 Å². The van der Waals surface area contributed by atoms with Gasteiger partial charge in [0.05, 0.1) is 65.9 Å². The number of anilines is 2. The summed E-state index contributed by atoms with van der Waals surface area (Å²) in [6, 6.07) is 22.6. The summed E-state index contributed by atoms with van der Waals surface area (Å²) in [6.07, 6.45) is -8.85. The number of halogens is 6. The van der Waals surface area contributed by atoms with Crippen LogP contribution in [0.4, 0.5) is 38.0 Å². The molecule has 20 heteroatoms. The highest BCUT2D eigenvalue weighted by atomic mass is 19.4. The maximum Gasteiger partial charge on any atom is 0.416 e. The molecule has 2 amide bonds. The van der Waals surface area contributed by atoms with Crippen molar-refractivity contribution in [2.24, 2.45) is 0 Å². The normalized spacial score (nSPS) is 14.0. The number of esters is 1. The fourth-order valence-corrected chi connectivity index (χ4v) is 8.35. The van der Waals surface area contributed by atoms with Gasteiger partial charge in [-0.25, -0.2) is 19.0 Å². The summed E-state index contributed by atoms with van der Waals surface area (Å²) in [7, 11) is 1.31. The SMILES string of the molecule is COC(=O)c1ccc([C@H](C)NC(=O)c2c(C)nn3c2N(Cc2cccc(C(F)(F)F)c2)CC3)cc1.Cc1nn2c(c1C(=O)N[C@@H](C)c1ccc(C(=O)O)cc1)N(Cc1cccc(C(F)(F)F)c1)CC2. The van der Waals surface area contributed by atoms with Crippen molar-refractivity contribution in [3.8, 4) is 0 Å². The fourth-order valence-electron chi connectivity index (χ4n) is 8.35. The van der Waals surface area contributed by atoms with Gasteiger partial charge in [-0.2, -0.15) is 36.5 Å². The third-order valence-corrected chi connectivity index (χ3v) is 11.9. The molecule has 362 valence electrons. The molecule has 2 aromatic heterocycles. The van der Waals surface area contributed by atoms with Gasteiger partial charge in [0, 0.05) is 26.2 Å². The Balaban J connectivity index is 0.000000204. The molecule has 0 aliphatic carbocycles. The maximum absolute atomic E-state index is 13.3. The highest BCUT2D eigenvalue weighted by molar-refractivity contribution is 6.01. The lowest BCUT2D eigenvalue weighted by Crippen LogP contribution is -2.29. The van der Waals surface area contributed by atoms with Gasteiger partial charge in [0.15, 0.2) is 0 Å². The van der Waals surface area contributed by atoms with Gasteiger partial charge in [-0.3, -0.25) is 9.59 Å². The Kier molecular flexibility index (Phi) is 14.2. The minimum absolute atomic E-state index is 0.151. The lowest BCUT2D eigenvalue weighted by atomic mass is 10.1. The molecule has 2 atom stereocenters. The van der Waals surface area contributed by atoms with Crippen LogP contribution >= 0.6 is 0 Å². The molecule has 0 bridgehead atoms. The third kappa shape index (κ3) is 11.1. The summed E-state index contributed by atoms with van der Waals surface area (Å²) in [5, 5.41) is 23.8. The van der Waals surface area contributed by atoms with Crippen LogP contribution in [0.5, 0.6) is 0 Å². The number of fused-ring (bicyclic) bond motifs is 2. The van der Waals surface area contributed by atoms with Gasteiger partial charge in [0.1, 0.15) is 22.8 Å². The quantitative estimate of drug-likeness (QED) is 0.0797. The predicted octanol–water partition coefficient (Wildman–Crippen LogP) is 8.93. The third-order valence-electron chi connectivity index (χ3n) is 11.9. The summed E-state index contributed by atoms with van der Waals surface area (Å²) in [5.74, 6) is -1.00. The molecule has 8 rings (SSSR count). The van der Waals surface area contributed by atoms with Crippen molar-refractivity contribution in [1.29, 1.82) is 0 Å². The van der Waals surface area contributed by atoms with Gasteiger partial charge in [-0.1, -0.05) is 48.5 Å². The number of aromatic carboxylic acids is 1. The Morgan fingerprint density at radius 3 is 1.38 bits per heavy atom. The van der Waals surface area contributed by atoms with E-state index in [-0.39, 0.29) is 36.5 Å². The number of carboxylic acids is 1. The van der Waals surface area contributed by atoms with E-state index in [1.807, 2.05) is 16.7 Å². The van der Waals surface area contributed by atoms with Crippen LogP contribution in [-0.2, 0) is 43.3 Å². The van der Waals surface area contributed by atoms with Crippen LogP contribution in [0.15, 0.2) is 97.1 Å². The summed E-state index contributed by atoms with van der Waals surface area (Å²) in [4.78, 5) is 52.9. The number of aromatic nitrogens is 4. The number of ether oxygens (including phenoxy) is 1. The zero-order valence-electron chi connectivity index (χ0n) is 38.1. The molecule has 69 heavy (non-hydrogen) atoms. The Labute approximate surface area is 392 Å². The standard InChI is InChI=1S/C25H25F3N4O3.C24H23F3N4O3/c1-15(18-7-9-19(10-8-18)24(34)35-3)29-22(33)21-16(2)30-32-12-11-31(23(21)32)14-17-5-4-6-20(13-17)25(26,27)28;1-14(17-6-8-18(9-7-17)23(33)34)28-21(32)20-15(2)29-31-11-10-30(22(20)31)13-16-4-3-5-19(12-16)24(25,26)27/h4-10,13,15H,11-12,14H2,1-3H3,(H,29,33);3-9,12,14H,10-11,13H2,1-2H3,(H,28,32)(H,33,34)/t15-;14-/m00/s1. The van der Waals surface area contributed by atoms with Crippen molar-refractivity contribution in [3.05, 3.63) is 164 Å². The lowest BCUT2D eigenvalue weighted by Gasteiger charge is -2.21. The van der Waals surface area contributed by atoms with Gasteiger partial charge < -0.3 is 30.3 Å². The Bertz CT molecular complexity index is 2880. The molecular weight excluding hydrogens is 911 g/mol. The Morgan fingerprint density at radius 2 is 1.01 bits per heavy atom. The van der Waals surface area contributed by atoms with Crippen LogP contribution in [0, 0.1) is 13.8 Å². The first kappa shape index (κ1) is 49.3. The number of aryl methyl sites for hydroxylation is 2. The van der Waals surface area contributed by atoms with E-state index in [4.69, 9.17) is 9.84 Å². The molecule has 0 radical (unpaired) electrons. The summed E-state index contributed by atoms with van der Waals surface area (Å²) in [6.45, 7) is 9.60. The van der Waals surface area contributed by atoms with E-state index < -0.39 is 41.5 Å². The number of hydrogen-bond donors (Lipinski definition) is 3. The molecule has 6 aromatic rings. The number of nitrogens with one attached hydrogen (secondary N) is 2. The van der Waals surface area contributed by atoms with Crippen molar-refractivity contribution in [1.82, 2.24) is 30.2 Å². The van der Waals surface area contributed by atoms with E-state index >= 15 is 0 Å². The number of alkyl halides is 6. The number of methoxy groups -OCH3 is 1. The number of rotatable bonds is 12. The second kappa shape index (κ2) is 19.9. The average Bonchev–Trinajstić information content (AvgIpc) is 4.06. The molecule has 0 unspecified atom stereocenters. The highest BCUT2D eigenvalue weighted by Gasteiger charge is 2.35. The van der Waals surface area contributed by atoms with Crippen molar-refractivity contribution >= 4 is 35.4 Å². The van der Waals surface area contributed by atoms with E-state index in [1.165, 1.54) is 31.4 Å². The molecule has 3 N–H and O–H groups in total. The second-order valence-corrected chi connectivity index (χ2v) is 16.7. The molecular formula is C49H48F6N8O6. The zero-order valence-corrected chi connectivity index (χ0v) is 38.1. The van der Waals surface area contributed by atoms with Gasteiger partial charge in [-0.15, -0.1) is 0 Å². The fraction of sp³-hybridized carbons (Fsp3) is 0.306. The van der Waals surface area contributed by atoms with Gasteiger partial charge in [0.25, 0.3) is 11.8 Å². The van der Waals surface area contributed by atoms with E-state index in [0.717, 1.165) is 35.4 Å². The summed E-state index contributed by atoms with van der Waals surface area (Å²) < 4.78 is 86.8. The number of nitrogens with zero attached hydrogens (tertiary/aromatic N) is 6. The molecule has 14 nitrogen and oxygen atoms in total. The van der Waals surface area contributed by atoms with E-state index in [0.29, 0.717) is 77.0 Å². The number of carbonyl (C=O) groups excluding carboxylic acids is 3. The zero-order chi connectivity index (χ0) is 49.9. The minimum atomic E-state index is -4.43. The molecule has 0 spiro atoms. The van der Waals surface area contributed by atoms with Gasteiger partial charge >= 0.3 is 24.3 Å². The topological polar surface area (TPSA) is 164 Å². The first-order chi connectivity index (χ1) is 32.6. The largest absolute Gasteiger partial charge is 0.478 e. The van der Waals surface area contributed by atoms with Crippen molar-refractivity contribution in [2.75, 3.05) is 30.0 Å². The number of amides is 2. The molecule has 0 saturated heterocycles. The smallest absolute Gasteiger partial charge is 0.416 e. The summed E-state index contributed by atoms with van der Waals surface area (Å²) in [5.41, 5.74) is 3.49. The average molecular weight is 959 g/mol. The Hall–Kier alpha value is -7.64. The molecule has 0 saturated carbocycles. The van der Waals surface area contributed by atoms with Crippen LogP contribution in [0.3, 0.4) is 0 Å². The monoisotopic (exact) mass is 958 g/mol. The first-order valence-electron chi connectivity index (χ1n) is 21.7. The van der Waals surface area contributed by atoms with Crippen LogP contribution in [-0.4, -0.2) is 68.6 Å². The number of benzene rings is 4. The van der Waals surface area contributed by atoms with Crippen LogP contribution in [0.25, 0.3) is 0 Å². The van der Waals surface area contributed by atoms with Gasteiger partial charge in [0.2, 0.25) is 0 Å². The molecule has 0 fully saturated rings. The second-order valence-electron chi connectivity index (χ2n) is 16.7. The lowest BCUT2D eigenvalue weighted by molar-refractivity contribution is -0.138. The number of carboxylic acid groups (broad SMARTS) is 1. The van der Waals surface area contributed by atoms with Crippen molar-refractivity contribution < 1.29 is 55.4 Å². The van der Waals surface area contributed by atoms with Crippen LogP contribution < -0.4 is 20.4 Å². The Morgan fingerprint density at radius 1 is 0.623 bits per heavy atom. The minimum Gasteiger partial charge on any atom is -0.478 e. The van der Waals surface area contributed by atoms with Crippen molar-refractivity contribution in [3.63, 3.8) is 0 Å². The van der Waals surface area contributed by atoms with Crippen molar-refractivity contribution in [2.45, 2.75) is 78.3 Å². The predicted molar refractivity (Wildman–Crippen MR) is 242 cm³/mol. The molecule has 2 aliphatic rings.